The molecule has 0 saturated carbocycles. The minimum atomic E-state index is -0.0474. The van der Waals surface area contributed by atoms with Gasteiger partial charge in [-0.2, -0.15) is 0 Å². The maximum absolute atomic E-state index is 12.2. The third-order valence-electron chi connectivity index (χ3n) is 4.43. The van der Waals surface area contributed by atoms with Crippen LogP contribution in [-0.4, -0.2) is 48.0 Å². The summed E-state index contributed by atoms with van der Waals surface area (Å²) >= 11 is 5.24. The summed E-state index contributed by atoms with van der Waals surface area (Å²) in [7, 11) is 3.55. The van der Waals surface area contributed by atoms with Gasteiger partial charge in [0.05, 0.1) is 0 Å². The quantitative estimate of drug-likeness (QED) is 0.619. The van der Waals surface area contributed by atoms with Gasteiger partial charge in [-0.25, -0.2) is 0 Å². The van der Waals surface area contributed by atoms with Gasteiger partial charge in [-0.05, 0) is 61.3 Å². The van der Waals surface area contributed by atoms with E-state index in [4.69, 9.17) is 12.2 Å². The Hall–Kier alpha value is -1.88. The Morgan fingerprint density at radius 1 is 1.14 bits per heavy atom. The van der Waals surface area contributed by atoms with Crippen LogP contribution in [0.4, 0.5) is 5.69 Å². The zero-order chi connectivity index (χ0) is 15.9. The number of carbonyl (C=O) groups is 1. The summed E-state index contributed by atoms with van der Waals surface area (Å²) in [4.78, 5) is 17.9. The van der Waals surface area contributed by atoms with E-state index in [9.17, 15) is 4.79 Å². The number of likely N-dealkylation sites (N-methyl/N-ethyl adjacent to an activating group) is 2. The summed E-state index contributed by atoms with van der Waals surface area (Å²) in [5, 5.41) is 0.543. The first-order valence-corrected chi connectivity index (χ1v) is 8.03. The number of anilines is 1. The van der Waals surface area contributed by atoms with Gasteiger partial charge in [0.15, 0.2) is 5.11 Å². The van der Waals surface area contributed by atoms with E-state index in [1.807, 2.05) is 13.1 Å². The zero-order valence-electron chi connectivity index (χ0n) is 13.3. The van der Waals surface area contributed by atoms with Gasteiger partial charge >= 0.3 is 0 Å². The van der Waals surface area contributed by atoms with Gasteiger partial charge in [0.2, 0.25) is 0 Å². The summed E-state index contributed by atoms with van der Waals surface area (Å²) < 4.78 is 0. The van der Waals surface area contributed by atoms with Gasteiger partial charge in [0.25, 0.3) is 5.91 Å². The number of hydrogen-bond acceptors (Lipinski definition) is 3. The van der Waals surface area contributed by atoms with Crippen LogP contribution in [0.3, 0.4) is 0 Å². The van der Waals surface area contributed by atoms with E-state index >= 15 is 0 Å². The molecule has 0 spiro atoms. The molecule has 22 heavy (non-hydrogen) atoms. The summed E-state index contributed by atoms with van der Waals surface area (Å²) in [5.74, 6) is -0.0474. The molecule has 1 amide bonds. The van der Waals surface area contributed by atoms with Crippen LogP contribution in [-0.2, 0) is 4.79 Å². The Kier molecular flexibility index (Phi) is 3.91. The average Bonchev–Trinajstić information content (AvgIpc) is 3.08. The first-order chi connectivity index (χ1) is 10.5. The smallest absolute Gasteiger partial charge is 0.276 e. The monoisotopic (exact) mass is 315 g/mol. The molecule has 2 aliphatic rings. The van der Waals surface area contributed by atoms with E-state index in [0.29, 0.717) is 10.8 Å². The molecular weight excluding hydrogens is 294 g/mol. The Labute approximate surface area is 137 Å². The van der Waals surface area contributed by atoms with Crippen molar-refractivity contribution in [1.29, 1.82) is 0 Å². The largest absolute Gasteiger partial charge is 0.371 e. The Balaban J connectivity index is 1.90. The Morgan fingerprint density at radius 2 is 1.82 bits per heavy atom. The van der Waals surface area contributed by atoms with Crippen molar-refractivity contribution >= 4 is 35.0 Å². The highest BCUT2D eigenvalue weighted by Crippen LogP contribution is 2.27. The van der Waals surface area contributed by atoms with Crippen LogP contribution in [0.15, 0.2) is 23.9 Å². The molecule has 2 heterocycles. The van der Waals surface area contributed by atoms with Crippen molar-refractivity contribution in [3.8, 4) is 0 Å². The predicted molar refractivity (Wildman–Crippen MR) is 93.7 cm³/mol. The van der Waals surface area contributed by atoms with Crippen LogP contribution in [0.2, 0.25) is 0 Å². The normalized spacial score (nSPS) is 20.7. The SMILES string of the molecule is Cc1cc(C=C2C(=O)N(C)C(=S)N2C)ccc1N1CCCC1. The van der Waals surface area contributed by atoms with Crippen molar-refractivity contribution in [2.45, 2.75) is 19.8 Å². The number of carbonyl (C=O) groups excluding carboxylic acids is 1. The number of nitrogens with zero attached hydrogens (tertiary/aromatic N) is 3. The molecule has 116 valence electrons. The summed E-state index contributed by atoms with van der Waals surface area (Å²) in [6.07, 6.45) is 4.46. The Bertz CT molecular complexity index is 662. The fourth-order valence-corrected chi connectivity index (χ4v) is 3.31. The molecule has 3 rings (SSSR count). The maximum Gasteiger partial charge on any atom is 0.276 e. The molecule has 5 heteroatoms. The molecule has 0 aliphatic carbocycles. The van der Waals surface area contributed by atoms with Crippen molar-refractivity contribution in [3.05, 3.63) is 35.0 Å². The first kappa shape index (κ1) is 15.0. The molecule has 4 nitrogen and oxygen atoms in total. The van der Waals surface area contributed by atoms with Crippen LogP contribution in [0.25, 0.3) is 6.08 Å². The first-order valence-electron chi connectivity index (χ1n) is 7.62. The Morgan fingerprint density at radius 3 is 2.36 bits per heavy atom. The van der Waals surface area contributed by atoms with E-state index in [1.54, 1.807) is 11.9 Å². The number of hydrogen-bond donors (Lipinski definition) is 0. The van der Waals surface area contributed by atoms with E-state index in [2.05, 4.69) is 30.0 Å². The molecule has 1 aromatic carbocycles. The molecule has 0 aromatic heterocycles. The predicted octanol–water partition coefficient (Wildman–Crippen LogP) is 2.62. The van der Waals surface area contributed by atoms with Crippen molar-refractivity contribution in [3.63, 3.8) is 0 Å². The van der Waals surface area contributed by atoms with Crippen LogP contribution in [0.1, 0.15) is 24.0 Å². The topological polar surface area (TPSA) is 26.8 Å². The number of rotatable bonds is 2. The van der Waals surface area contributed by atoms with Gasteiger partial charge in [-0.3, -0.25) is 9.69 Å². The molecule has 2 fully saturated rings. The fourth-order valence-electron chi connectivity index (χ4n) is 3.13. The summed E-state index contributed by atoms with van der Waals surface area (Å²) in [5.41, 5.74) is 4.22. The van der Waals surface area contributed by atoms with Gasteiger partial charge in [-0.1, -0.05) is 6.07 Å². The molecular formula is C17H21N3OS. The molecule has 0 unspecified atom stereocenters. The van der Waals surface area contributed by atoms with Gasteiger partial charge in [-0.15, -0.1) is 0 Å². The molecule has 0 bridgehead atoms. The van der Waals surface area contributed by atoms with E-state index in [1.165, 1.54) is 29.0 Å². The highest BCUT2D eigenvalue weighted by atomic mass is 32.1. The molecule has 2 saturated heterocycles. The van der Waals surface area contributed by atoms with Crippen molar-refractivity contribution in [2.75, 3.05) is 32.1 Å². The number of amides is 1. The second-order valence-electron chi connectivity index (χ2n) is 5.98. The molecule has 2 aliphatic heterocycles. The van der Waals surface area contributed by atoms with Crippen LogP contribution < -0.4 is 4.90 Å². The van der Waals surface area contributed by atoms with Gasteiger partial charge < -0.3 is 9.80 Å². The molecule has 0 radical (unpaired) electrons. The third-order valence-corrected chi connectivity index (χ3v) is 4.98. The van der Waals surface area contributed by atoms with Crippen LogP contribution in [0.5, 0.6) is 0 Å². The highest BCUT2D eigenvalue weighted by Gasteiger charge is 2.32. The number of aryl methyl sites for hydroxylation is 1. The minimum absolute atomic E-state index is 0.0474. The summed E-state index contributed by atoms with van der Waals surface area (Å²) in [6, 6.07) is 6.38. The van der Waals surface area contributed by atoms with Crippen molar-refractivity contribution in [1.82, 2.24) is 9.80 Å². The lowest BCUT2D eigenvalue weighted by molar-refractivity contribution is -0.121. The van der Waals surface area contributed by atoms with Crippen LogP contribution in [0, 0.1) is 6.92 Å². The average molecular weight is 315 g/mol. The summed E-state index contributed by atoms with van der Waals surface area (Å²) in [6.45, 7) is 4.41. The van der Waals surface area contributed by atoms with Crippen molar-refractivity contribution in [2.24, 2.45) is 0 Å². The number of benzene rings is 1. The van der Waals surface area contributed by atoms with Gasteiger partial charge in [0.1, 0.15) is 5.70 Å². The lowest BCUT2D eigenvalue weighted by Gasteiger charge is -2.20. The second kappa shape index (κ2) is 5.72. The fraction of sp³-hybridized carbons (Fsp3) is 0.412. The standard InChI is InChI=1S/C17H21N3OS/c1-12-10-13(6-7-14(12)20-8-4-5-9-20)11-15-16(21)19(3)17(22)18(15)2/h6-7,10-11H,4-5,8-9H2,1-3H3. The lowest BCUT2D eigenvalue weighted by atomic mass is 10.1. The number of thiocarbonyl (C=S) groups is 1. The van der Waals surface area contributed by atoms with Gasteiger partial charge in [0, 0.05) is 32.9 Å². The van der Waals surface area contributed by atoms with Crippen molar-refractivity contribution < 1.29 is 4.79 Å². The highest BCUT2D eigenvalue weighted by molar-refractivity contribution is 7.80. The lowest BCUT2D eigenvalue weighted by Crippen LogP contribution is -2.26. The minimum Gasteiger partial charge on any atom is -0.371 e. The van der Waals surface area contributed by atoms with E-state index in [-0.39, 0.29) is 5.91 Å². The van der Waals surface area contributed by atoms with E-state index in [0.717, 1.165) is 18.7 Å². The molecule has 0 N–H and O–H groups in total. The van der Waals surface area contributed by atoms with E-state index < -0.39 is 0 Å². The third kappa shape index (κ3) is 2.50. The zero-order valence-corrected chi connectivity index (χ0v) is 14.1. The maximum atomic E-state index is 12.2. The van der Waals surface area contributed by atoms with Crippen LogP contribution >= 0.6 is 12.2 Å². The molecule has 0 atom stereocenters. The second-order valence-corrected chi connectivity index (χ2v) is 6.34. The molecule has 1 aromatic rings.